The summed E-state index contributed by atoms with van der Waals surface area (Å²) in [6.07, 6.45) is 15.5. The Morgan fingerprint density at radius 2 is 1.05 bits per heavy atom. The molecule has 0 N–H and O–H groups in total. The normalized spacial score (nSPS) is 11.8. The molecule has 0 spiro atoms. The fourth-order valence-corrected chi connectivity index (χ4v) is 15.9. The number of hydrogen-bond donors (Lipinski definition) is 0. The Kier molecular flexibility index (Phi) is 77.2. The van der Waals surface area contributed by atoms with Crippen LogP contribution in [0.25, 0.3) is 0 Å². The summed E-state index contributed by atoms with van der Waals surface area (Å²) in [5.41, 5.74) is 2.14. The smallest absolute Gasteiger partial charge is 0.333 e. The van der Waals surface area contributed by atoms with E-state index >= 15 is 0 Å². The molecule has 3 aromatic carbocycles. The van der Waals surface area contributed by atoms with E-state index in [0.29, 0.717) is 43.2 Å². The van der Waals surface area contributed by atoms with E-state index in [4.69, 9.17) is 15.9 Å². The summed E-state index contributed by atoms with van der Waals surface area (Å²) in [6, 6.07) is 27.6. The monoisotopic (exact) mass is 1540 g/mol. The maximum atomic E-state index is 10.9. The van der Waals surface area contributed by atoms with Gasteiger partial charge in [-0.3, -0.25) is 0 Å². The summed E-state index contributed by atoms with van der Waals surface area (Å²) in [7, 11) is 1.69. The lowest BCUT2D eigenvalue weighted by molar-refractivity contribution is -0.138. The zero-order valence-corrected chi connectivity index (χ0v) is 75.5. The molecule has 0 heterocycles. The molecule has 0 aromatic heterocycles. The van der Waals surface area contributed by atoms with Crippen LogP contribution in [0, 0.1) is 35.4 Å². The highest BCUT2D eigenvalue weighted by atomic mass is 32.2. The summed E-state index contributed by atoms with van der Waals surface area (Å²) in [5.74, 6) is 13.6. The number of rotatable bonds is 24. The van der Waals surface area contributed by atoms with Crippen LogP contribution < -0.4 is 4.74 Å². The quantitative estimate of drug-likeness (QED) is 0.0214. The molecule has 1 saturated carbocycles. The molecule has 97 heavy (non-hydrogen) atoms. The summed E-state index contributed by atoms with van der Waals surface area (Å²) in [4.78, 5) is 14.9. The maximum Gasteiger partial charge on any atom is 0.333 e. The molecule has 3 nitrogen and oxygen atoms in total. The predicted octanol–water partition coefficient (Wildman–Crippen LogP) is 30.6. The summed E-state index contributed by atoms with van der Waals surface area (Å²) >= 11 is 19.1. The maximum absolute atomic E-state index is 10.9. The number of benzene rings is 3. The van der Waals surface area contributed by atoms with Crippen molar-refractivity contribution in [2.24, 2.45) is 0 Å². The first kappa shape index (κ1) is 107. The molecule has 0 aliphatic heterocycles. The predicted molar refractivity (Wildman–Crippen MR) is 491 cm³/mol. The number of methoxy groups -OCH3 is 1. The molecule has 1 aliphatic carbocycles. The van der Waals surface area contributed by atoms with Crippen molar-refractivity contribution >= 4 is 124 Å². The minimum absolute atomic E-state index is 0. The van der Waals surface area contributed by atoms with Gasteiger partial charge in [-0.2, -0.15) is 70.6 Å². The third-order valence-corrected chi connectivity index (χ3v) is 21.9. The van der Waals surface area contributed by atoms with Gasteiger partial charge in [0, 0.05) is 79.4 Å². The first-order chi connectivity index (χ1) is 45.1. The standard InChI is InChI=1S/C13H20S.C10H14OS.C9H16O2S.C9H18S.C9H12S.C9H8S.2C7H16S.C6H12S.C5H12S.8H2/c1-10(2)14-12-8-6-11(7-9-12)13(3,4)5;1-8(2)12-10-6-4-9(11-3)5-7-10;1-7(2)9(10)11-5-6-12-8(3)4;2*1-8(2)10-9-6-4-3-5-7-9;1-4-5-6-7-8-10-9(2)3;1-6(2)8-7(3,4)5;1-5-7(4)8-6(2)3;1-4-5-7-6(2)3;1-4-6-5(2)3;;;;;;;;/h6-10H,1-5H3;4-8H,1-3H3;8H,1,5-6H2,2-4H3;8-9H,3-7H2,1-2H3;3-8H,1-2H3;1,9H,2-3H3;6H,1-5H3;6-7H,5H2,1-4H3;4,6H,1,5H2,2-3H3;5H,4H2,1-3H3;8*1H. The van der Waals surface area contributed by atoms with Crippen molar-refractivity contribution in [3.63, 3.8) is 0 Å². The number of thioether (sulfide) groups is 10. The Hall–Kier alpha value is -1.41. The van der Waals surface area contributed by atoms with Crippen LogP contribution in [-0.4, -0.2) is 105 Å². The minimum Gasteiger partial charge on any atom is -0.497 e. The van der Waals surface area contributed by atoms with Gasteiger partial charge in [-0.15, -0.1) is 48.3 Å². The van der Waals surface area contributed by atoms with Crippen LogP contribution in [0.5, 0.6) is 5.75 Å². The van der Waals surface area contributed by atoms with Gasteiger partial charge in [0.05, 0.1) is 7.11 Å². The molecule has 4 rings (SSSR count). The van der Waals surface area contributed by atoms with E-state index in [1.54, 1.807) is 37.6 Å². The molecule has 3 aromatic rings. The molecule has 13 heteroatoms. The Bertz CT molecular complexity index is 2460. The molecule has 0 bridgehead atoms. The van der Waals surface area contributed by atoms with Gasteiger partial charge in [-0.1, -0.05) is 275 Å². The van der Waals surface area contributed by atoms with E-state index in [-0.39, 0.29) is 22.8 Å². The molecule has 0 radical (unpaired) electrons. The Balaban J connectivity index is -0.0000000730. The summed E-state index contributed by atoms with van der Waals surface area (Å²) in [6.45, 7) is 73.4. The van der Waals surface area contributed by atoms with Gasteiger partial charge in [0.15, 0.2) is 0 Å². The highest BCUT2D eigenvalue weighted by molar-refractivity contribution is 8.04. The van der Waals surface area contributed by atoms with Crippen molar-refractivity contribution in [1.82, 2.24) is 0 Å². The molecule has 1 aliphatic rings. The average Bonchev–Trinajstić information content (AvgIpc) is 0.862. The van der Waals surface area contributed by atoms with Gasteiger partial charge in [0.2, 0.25) is 0 Å². The molecule has 1 unspecified atom stereocenters. The number of esters is 1. The third-order valence-electron chi connectivity index (χ3n) is 11.0. The van der Waals surface area contributed by atoms with Crippen LogP contribution in [0.15, 0.2) is 118 Å². The Labute approximate surface area is 659 Å². The van der Waals surface area contributed by atoms with E-state index in [0.717, 1.165) is 54.0 Å². The highest BCUT2D eigenvalue weighted by Gasteiger charge is 2.15. The van der Waals surface area contributed by atoms with Crippen LogP contribution in [0.2, 0.25) is 0 Å². The molecule has 1 fully saturated rings. The van der Waals surface area contributed by atoms with Crippen molar-refractivity contribution in [3.05, 3.63) is 109 Å². The van der Waals surface area contributed by atoms with Crippen molar-refractivity contribution in [3.8, 4) is 41.1 Å². The number of terminal acetylenes is 1. The van der Waals surface area contributed by atoms with Gasteiger partial charge in [0.25, 0.3) is 0 Å². The molecule has 1 atom stereocenters. The Morgan fingerprint density at radius 3 is 1.35 bits per heavy atom. The highest BCUT2D eigenvalue weighted by Crippen LogP contribution is 2.32. The lowest BCUT2D eigenvalue weighted by atomic mass is 9.87. The number of carbonyl (C=O) groups is 1. The second-order valence-electron chi connectivity index (χ2n) is 27.2. The Morgan fingerprint density at radius 1 is 0.588 bits per heavy atom. The number of carbonyl (C=O) groups excluding carboxylic acids is 1. The van der Waals surface area contributed by atoms with Gasteiger partial charge in [0.1, 0.15) is 12.4 Å². The topological polar surface area (TPSA) is 35.5 Å². The lowest BCUT2D eigenvalue weighted by Crippen LogP contribution is -2.10. The SMILES string of the molecule is C#CC#CC#CSC(C)C.C=C(C)C(=O)OCCSC(C)C.C=CCSC(C)C.CC(C)SC(C)(C)C.CC(C)SC1CCCCC1.CC(C)Sc1ccc(C(C)(C)C)cc1.CC(C)Sc1ccccc1.CCC(C)SC(C)C.CCSC(C)C.COc1ccc(SC(C)C)cc1.[HH].[HH].[HH].[HH].[HH].[HH].[HH].[HH]. The molecular weight excluding hydrogens is 1380 g/mol. The van der Waals surface area contributed by atoms with Gasteiger partial charge < -0.3 is 9.47 Å². The van der Waals surface area contributed by atoms with E-state index in [2.05, 4.69) is 327 Å². The summed E-state index contributed by atoms with van der Waals surface area (Å²) < 4.78 is 10.4. The van der Waals surface area contributed by atoms with Crippen LogP contribution in [-0.2, 0) is 14.9 Å². The van der Waals surface area contributed by atoms with Gasteiger partial charge >= 0.3 is 5.97 Å². The number of hydrogen-bond acceptors (Lipinski definition) is 13. The average molecular weight is 1540 g/mol. The fourth-order valence-electron chi connectivity index (χ4n) is 7.23. The first-order valence-electron chi connectivity index (χ1n) is 35.3. The second kappa shape index (κ2) is 70.3. The van der Waals surface area contributed by atoms with Crippen LogP contribution in [0.1, 0.15) is 263 Å². The fraction of sp³-hybridized carbons (Fsp3) is 0.655. The lowest BCUT2D eigenvalue weighted by Gasteiger charge is -2.22. The van der Waals surface area contributed by atoms with E-state index in [9.17, 15) is 4.79 Å². The summed E-state index contributed by atoms with van der Waals surface area (Å²) in [5, 5.41) is 11.7. The van der Waals surface area contributed by atoms with Crippen molar-refractivity contribution < 1.29 is 25.7 Å². The zero-order valence-electron chi connectivity index (χ0n) is 67.4. The third kappa shape index (κ3) is 90.6. The second-order valence-corrected chi connectivity index (χ2v) is 45.0. The van der Waals surface area contributed by atoms with Crippen LogP contribution in [0.4, 0.5) is 0 Å². The van der Waals surface area contributed by atoms with E-state index in [1.807, 2.05) is 94.8 Å². The molecule has 574 valence electrons. The first-order valence-corrected chi connectivity index (χ1v) is 44.7. The van der Waals surface area contributed by atoms with E-state index in [1.165, 1.54) is 64.5 Å². The van der Waals surface area contributed by atoms with Crippen molar-refractivity contribution in [2.45, 2.75) is 334 Å². The molecule has 0 saturated heterocycles. The molecular formula is C84H160O3S10. The van der Waals surface area contributed by atoms with E-state index < -0.39 is 0 Å². The largest absolute Gasteiger partial charge is 0.497 e. The zero-order chi connectivity index (χ0) is 76.0. The number of ether oxygens (including phenoxy) is 2. The minimum atomic E-state index is -0.292. The van der Waals surface area contributed by atoms with Crippen molar-refractivity contribution in [2.75, 3.05) is 31.0 Å². The van der Waals surface area contributed by atoms with Crippen LogP contribution >= 0.6 is 118 Å². The van der Waals surface area contributed by atoms with Crippen molar-refractivity contribution in [1.29, 1.82) is 0 Å². The van der Waals surface area contributed by atoms with Gasteiger partial charge in [-0.25, -0.2) is 4.79 Å². The van der Waals surface area contributed by atoms with Gasteiger partial charge in [-0.05, 0) is 152 Å². The molecule has 0 amide bonds. The van der Waals surface area contributed by atoms with Crippen LogP contribution in [0.3, 0.4) is 0 Å².